The van der Waals surface area contributed by atoms with E-state index in [1.165, 1.54) is 23.1 Å². The third-order valence-electron chi connectivity index (χ3n) is 4.87. The molecule has 7 nitrogen and oxygen atoms in total. The number of nitrogens with one attached hydrogen (secondary N) is 1. The van der Waals surface area contributed by atoms with Crippen molar-refractivity contribution in [3.63, 3.8) is 0 Å². The quantitative estimate of drug-likeness (QED) is 0.451. The smallest absolute Gasteiger partial charge is 0.244 e. The van der Waals surface area contributed by atoms with Crippen LogP contribution >= 0.6 is 46.4 Å². The first-order chi connectivity index (χ1) is 16.0. The first-order valence-corrected chi connectivity index (χ1v) is 13.8. The van der Waals surface area contributed by atoms with Crippen LogP contribution in [0, 0.1) is 0 Å². The van der Waals surface area contributed by atoms with Gasteiger partial charge < -0.3 is 10.2 Å². The van der Waals surface area contributed by atoms with E-state index in [1.54, 1.807) is 25.1 Å². The number of hydrogen-bond acceptors (Lipinski definition) is 4. The van der Waals surface area contributed by atoms with Crippen molar-refractivity contribution in [2.24, 2.45) is 0 Å². The summed E-state index contributed by atoms with van der Waals surface area (Å²) in [6, 6.07) is 8.12. The van der Waals surface area contributed by atoms with Crippen molar-refractivity contribution in [2.75, 3.05) is 17.1 Å². The highest BCUT2D eigenvalue weighted by Gasteiger charge is 2.32. The Balaban J connectivity index is 2.50. The van der Waals surface area contributed by atoms with Crippen LogP contribution in [0.3, 0.4) is 0 Å². The van der Waals surface area contributed by atoms with E-state index in [1.807, 2.05) is 20.8 Å². The van der Waals surface area contributed by atoms with Gasteiger partial charge in [0, 0.05) is 37.7 Å². The van der Waals surface area contributed by atoms with Gasteiger partial charge in [0.05, 0.1) is 11.9 Å². The lowest BCUT2D eigenvalue weighted by Gasteiger charge is -2.33. The van der Waals surface area contributed by atoms with E-state index in [0.29, 0.717) is 15.6 Å². The van der Waals surface area contributed by atoms with Gasteiger partial charge in [-0.15, -0.1) is 0 Å². The lowest BCUT2D eigenvalue weighted by molar-refractivity contribution is -0.140. The molecule has 0 saturated carbocycles. The van der Waals surface area contributed by atoms with Crippen LogP contribution in [0.15, 0.2) is 36.4 Å². The molecule has 0 saturated heterocycles. The van der Waals surface area contributed by atoms with Crippen LogP contribution in [-0.2, 0) is 26.2 Å². The lowest BCUT2D eigenvalue weighted by Crippen LogP contribution is -2.54. The molecule has 192 valence electrons. The Bertz CT molecular complexity index is 1180. The SMILES string of the molecule is C[C@@H](C(=O)NC(C)(C)C)N(Cc1c(Cl)cccc1Cl)C(=O)CN(c1cc(Cl)cc(Cl)c1)S(C)(=O)=O. The summed E-state index contributed by atoms with van der Waals surface area (Å²) in [5.41, 5.74) is -0.0181. The van der Waals surface area contributed by atoms with Crippen LogP contribution in [0.5, 0.6) is 0 Å². The third-order valence-corrected chi connectivity index (χ3v) is 7.16. The molecule has 0 fully saturated rings. The summed E-state index contributed by atoms with van der Waals surface area (Å²) >= 11 is 24.7. The highest BCUT2D eigenvalue weighted by atomic mass is 35.5. The van der Waals surface area contributed by atoms with Crippen LogP contribution in [0.1, 0.15) is 33.3 Å². The van der Waals surface area contributed by atoms with Crippen LogP contribution in [0.25, 0.3) is 0 Å². The molecule has 0 radical (unpaired) electrons. The number of halogens is 4. The number of anilines is 1. The monoisotopic (exact) mass is 581 g/mol. The zero-order valence-electron chi connectivity index (χ0n) is 19.9. The Labute approximate surface area is 226 Å². The molecule has 0 aliphatic rings. The Hall–Kier alpha value is -1.71. The molecule has 0 aromatic heterocycles. The molecule has 1 N–H and O–H groups in total. The Morgan fingerprint density at radius 2 is 1.51 bits per heavy atom. The van der Waals surface area contributed by atoms with Crippen molar-refractivity contribution in [2.45, 2.75) is 45.8 Å². The van der Waals surface area contributed by atoms with Crippen molar-refractivity contribution in [3.05, 3.63) is 62.1 Å². The van der Waals surface area contributed by atoms with E-state index in [2.05, 4.69) is 5.32 Å². The van der Waals surface area contributed by atoms with E-state index in [4.69, 9.17) is 46.4 Å². The fourth-order valence-corrected chi connectivity index (χ4v) is 5.07. The first-order valence-electron chi connectivity index (χ1n) is 10.5. The number of carbonyl (C=O) groups is 2. The van der Waals surface area contributed by atoms with Gasteiger partial charge in [-0.05, 0) is 58.0 Å². The van der Waals surface area contributed by atoms with E-state index in [-0.39, 0.29) is 22.3 Å². The fourth-order valence-electron chi connectivity index (χ4n) is 3.21. The predicted molar refractivity (Wildman–Crippen MR) is 143 cm³/mol. The second-order valence-electron chi connectivity index (χ2n) is 9.03. The molecule has 0 aliphatic carbocycles. The minimum atomic E-state index is -3.93. The van der Waals surface area contributed by atoms with Crippen LogP contribution < -0.4 is 9.62 Å². The largest absolute Gasteiger partial charge is 0.350 e. The molecule has 0 aliphatic heterocycles. The van der Waals surface area contributed by atoms with Crippen molar-refractivity contribution in [1.82, 2.24) is 10.2 Å². The average molecular weight is 583 g/mol. The Morgan fingerprint density at radius 3 is 1.97 bits per heavy atom. The van der Waals surface area contributed by atoms with E-state index < -0.39 is 40.0 Å². The maximum atomic E-state index is 13.6. The van der Waals surface area contributed by atoms with Gasteiger partial charge in [-0.1, -0.05) is 52.5 Å². The van der Waals surface area contributed by atoms with Gasteiger partial charge in [0.15, 0.2) is 0 Å². The van der Waals surface area contributed by atoms with E-state index in [9.17, 15) is 18.0 Å². The van der Waals surface area contributed by atoms with Gasteiger partial charge >= 0.3 is 0 Å². The normalized spacial score (nSPS) is 12.7. The zero-order valence-corrected chi connectivity index (χ0v) is 23.7. The Kier molecular flexibility index (Phi) is 9.75. The number of benzene rings is 2. The standard InChI is InChI=1S/C23H27Cl4N3O4S/c1-14(22(32)28-23(2,3)4)29(12-18-19(26)7-6-8-20(18)27)21(31)13-30(35(5,33)34)17-10-15(24)9-16(25)11-17/h6-11,14H,12-13H2,1-5H3,(H,28,32)/t14-/m0/s1. The molecule has 0 unspecified atom stereocenters. The fraction of sp³-hybridized carbons (Fsp3) is 0.391. The minimum Gasteiger partial charge on any atom is -0.350 e. The molecule has 0 spiro atoms. The number of rotatable bonds is 8. The summed E-state index contributed by atoms with van der Waals surface area (Å²) < 4.78 is 26.1. The number of nitrogens with zero attached hydrogens (tertiary/aromatic N) is 2. The van der Waals surface area contributed by atoms with Crippen LogP contribution in [0.2, 0.25) is 20.1 Å². The first kappa shape index (κ1) is 29.5. The number of amides is 2. The van der Waals surface area contributed by atoms with Gasteiger partial charge in [0.2, 0.25) is 21.8 Å². The molecule has 35 heavy (non-hydrogen) atoms. The molecule has 2 amide bonds. The summed E-state index contributed by atoms with van der Waals surface area (Å²) in [6.07, 6.45) is 0.958. The van der Waals surface area contributed by atoms with Gasteiger partial charge in [0.25, 0.3) is 0 Å². The second-order valence-corrected chi connectivity index (χ2v) is 12.6. The van der Waals surface area contributed by atoms with Crippen LogP contribution in [-0.4, -0.2) is 49.5 Å². The summed E-state index contributed by atoms with van der Waals surface area (Å²) in [5, 5.41) is 3.85. The van der Waals surface area contributed by atoms with Gasteiger partial charge in [-0.3, -0.25) is 13.9 Å². The molecular weight excluding hydrogens is 556 g/mol. The molecule has 2 rings (SSSR count). The van der Waals surface area contributed by atoms with Crippen molar-refractivity contribution < 1.29 is 18.0 Å². The third kappa shape index (κ3) is 8.43. The zero-order chi connectivity index (χ0) is 26.7. The summed E-state index contributed by atoms with van der Waals surface area (Å²) in [6.45, 7) is 6.24. The van der Waals surface area contributed by atoms with Gasteiger partial charge in [0.1, 0.15) is 12.6 Å². The summed E-state index contributed by atoms with van der Waals surface area (Å²) in [7, 11) is -3.93. The molecular formula is C23H27Cl4N3O4S. The molecule has 12 heteroatoms. The highest BCUT2D eigenvalue weighted by molar-refractivity contribution is 7.92. The maximum absolute atomic E-state index is 13.6. The highest BCUT2D eigenvalue weighted by Crippen LogP contribution is 2.29. The number of carbonyl (C=O) groups excluding carboxylic acids is 2. The number of hydrogen-bond donors (Lipinski definition) is 1. The molecule has 2 aromatic carbocycles. The topological polar surface area (TPSA) is 86.8 Å². The molecule has 1 atom stereocenters. The second kappa shape index (κ2) is 11.6. The van der Waals surface area contributed by atoms with Gasteiger partial charge in [-0.2, -0.15) is 0 Å². The number of sulfonamides is 1. The Morgan fingerprint density at radius 1 is 1.00 bits per heavy atom. The van der Waals surface area contributed by atoms with Gasteiger partial charge in [-0.25, -0.2) is 8.42 Å². The van der Waals surface area contributed by atoms with Crippen LogP contribution in [0.4, 0.5) is 5.69 Å². The molecule has 0 bridgehead atoms. The summed E-state index contributed by atoms with van der Waals surface area (Å²) in [4.78, 5) is 27.8. The minimum absolute atomic E-state index is 0.112. The average Bonchev–Trinajstić information content (AvgIpc) is 2.68. The summed E-state index contributed by atoms with van der Waals surface area (Å²) in [5.74, 6) is -1.08. The van der Waals surface area contributed by atoms with Crippen molar-refractivity contribution in [1.29, 1.82) is 0 Å². The van der Waals surface area contributed by atoms with Crippen molar-refractivity contribution >= 4 is 73.9 Å². The van der Waals surface area contributed by atoms with Crippen molar-refractivity contribution in [3.8, 4) is 0 Å². The lowest BCUT2D eigenvalue weighted by atomic mass is 10.1. The molecule has 2 aromatic rings. The maximum Gasteiger partial charge on any atom is 0.244 e. The predicted octanol–water partition coefficient (Wildman–Crippen LogP) is 5.40. The molecule has 0 heterocycles. The van der Waals surface area contributed by atoms with E-state index in [0.717, 1.165) is 10.6 Å². The van der Waals surface area contributed by atoms with E-state index >= 15 is 0 Å².